The summed E-state index contributed by atoms with van der Waals surface area (Å²) in [5.74, 6) is 0. The molecule has 2 heterocycles. The van der Waals surface area contributed by atoms with Gasteiger partial charge in [0.2, 0.25) is 0 Å². The maximum absolute atomic E-state index is 2.84. The van der Waals surface area contributed by atoms with Crippen LogP contribution in [0.3, 0.4) is 0 Å². The van der Waals surface area contributed by atoms with Crippen LogP contribution in [-0.4, -0.2) is 16.1 Å². The van der Waals surface area contributed by atoms with Gasteiger partial charge in [0.05, 0.1) is 0 Å². The summed E-state index contributed by atoms with van der Waals surface area (Å²) >= 11 is 0. The Bertz CT molecular complexity index is 5090. The number of fused-ring (bicyclic) bond motifs is 10. The molecule has 0 nitrogen and oxygen atoms in total. The van der Waals surface area contributed by atoms with Crippen molar-refractivity contribution in [3.05, 3.63) is 352 Å². The Morgan fingerprint density at radius 2 is 0.389 bits per heavy atom. The van der Waals surface area contributed by atoms with E-state index in [4.69, 9.17) is 0 Å². The molecule has 0 atom stereocenters. The first-order valence-electron chi connectivity index (χ1n) is 31.5. The minimum absolute atomic E-state index is 1.20. The number of hydrogen-bond acceptors (Lipinski definition) is 0. The topological polar surface area (TPSA) is 0 Å². The molecule has 0 saturated heterocycles. The van der Waals surface area contributed by atoms with Crippen molar-refractivity contribution in [2.45, 2.75) is 0 Å². The summed E-state index contributed by atoms with van der Waals surface area (Å²) in [6.07, 6.45) is 0. The predicted octanol–water partition coefficient (Wildman–Crippen LogP) is 17.3. The molecular formula is C88H58Si2. The third-order valence-corrected chi connectivity index (χ3v) is 29.8. The van der Waals surface area contributed by atoms with Crippen molar-refractivity contribution in [3.8, 4) is 77.9 Å². The fourth-order valence-corrected chi connectivity index (χ4v) is 26.9. The van der Waals surface area contributed by atoms with E-state index in [1.54, 1.807) is 0 Å². The SMILES string of the molecule is c1ccc(-c2cccc3c(-c4c5cccc(-c6cccc7c6-c6ccccc6[Si]7(c6ccccc6)c6ccccc6)c5cc5c(-c6cccc7c6-c6ccccc6[Si]7(c6ccccc6)c6ccccc6)cccc45)c4cccc(-c5ccccc5)c4cc23)cc1. The Kier molecular flexibility index (Phi) is 12.1. The largest absolute Gasteiger partial charge is 0.180 e. The standard InChI is InChI=1S/C88H58Si2/c1-7-29-59(30-8-1)65-43-23-47-71-77(65)57-78-66(60-31-9-2-10-32-60)44-24-48-72(78)87(71)88-73-49-25-45-67(69-51-27-55-83-85(69)75-41-19-21-53-81(75)89(83,61-33-11-3-12-34-61)62-35-13-4-14-36-62)79(73)58-80-68(46-26-50-74(80)88)70-52-28-56-84-86(70)76-42-20-22-54-82(76)90(84,63-37-15-5-16-38-63)64-39-17-6-18-40-64/h1-58H. The van der Waals surface area contributed by atoms with Crippen molar-refractivity contribution >= 4 is 101 Å². The summed E-state index contributed by atoms with van der Waals surface area (Å²) in [5.41, 5.74) is 17.6. The molecule has 0 aromatic heterocycles. The lowest BCUT2D eigenvalue weighted by Gasteiger charge is -2.31. The molecule has 0 saturated carbocycles. The van der Waals surface area contributed by atoms with Gasteiger partial charge in [-0.1, -0.05) is 340 Å². The van der Waals surface area contributed by atoms with E-state index in [1.807, 2.05) is 0 Å². The summed E-state index contributed by atoms with van der Waals surface area (Å²) in [4.78, 5) is 0. The molecule has 418 valence electrons. The van der Waals surface area contributed by atoms with Crippen molar-refractivity contribution in [2.24, 2.45) is 0 Å². The summed E-state index contributed by atoms with van der Waals surface area (Å²) in [5, 5.41) is 21.1. The van der Waals surface area contributed by atoms with E-state index in [0.29, 0.717) is 0 Å². The average Bonchev–Trinajstić information content (AvgIpc) is 1.37. The van der Waals surface area contributed by atoms with Crippen molar-refractivity contribution in [1.29, 1.82) is 0 Å². The second-order valence-corrected chi connectivity index (χ2v) is 31.8. The lowest BCUT2D eigenvalue weighted by atomic mass is 9.80. The highest BCUT2D eigenvalue weighted by molar-refractivity contribution is 7.23. The first kappa shape index (κ1) is 52.1. The molecule has 2 heteroatoms. The van der Waals surface area contributed by atoms with Crippen LogP contribution in [0, 0.1) is 0 Å². The zero-order valence-electron chi connectivity index (χ0n) is 49.5. The van der Waals surface area contributed by atoms with E-state index in [1.165, 1.54) is 162 Å². The monoisotopic (exact) mass is 1170 g/mol. The Morgan fingerprint density at radius 3 is 0.733 bits per heavy atom. The Hall–Kier alpha value is -11.0. The van der Waals surface area contributed by atoms with Gasteiger partial charge in [0.25, 0.3) is 0 Å². The molecule has 0 unspecified atom stereocenters. The fourth-order valence-electron chi connectivity index (χ4n) is 16.5. The number of rotatable bonds is 9. The fraction of sp³-hybridized carbons (Fsp3) is 0. The molecule has 16 aromatic carbocycles. The van der Waals surface area contributed by atoms with Gasteiger partial charge in [-0.15, -0.1) is 0 Å². The molecule has 0 fully saturated rings. The maximum atomic E-state index is 2.59. The van der Waals surface area contributed by atoms with Crippen LogP contribution in [0.4, 0.5) is 0 Å². The van der Waals surface area contributed by atoms with E-state index in [2.05, 4.69) is 352 Å². The second-order valence-electron chi connectivity index (χ2n) is 24.3. The molecule has 2 aliphatic rings. The normalized spacial score (nSPS) is 13.3. The van der Waals surface area contributed by atoms with Crippen LogP contribution in [0.25, 0.3) is 121 Å². The minimum atomic E-state index is -2.84. The molecule has 0 radical (unpaired) electrons. The maximum Gasteiger partial charge on any atom is 0.180 e. The predicted molar refractivity (Wildman–Crippen MR) is 389 cm³/mol. The van der Waals surface area contributed by atoms with Gasteiger partial charge in [-0.2, -0.15) is 0 Å². The van der Waals surface area contributed by atoms with E-state index in [0.717, 1.165) is 0 Å². The van der Waals surface area contributed by atoms with Crippen LogP contribution in [0.5, 0.6) is 0 Å². The zero-order valence-corrected chi connectivity index (χ0v) is 51.5. The molecule has 0 N–H and O–H groups in total. The van der Waals surface area contributed by atoms with Gasteiger partial charge >= 0.3 is 0 Å². The highest BCUT2D eigenvalue weighted by Gasteiger charge is 2.51. The highest BCUT2D eigenvalue weighted by atomic mass is 28.3. The summed E-state index contributed by atoms with van der Waals surface area (Å²) in [6, 6.07) is 134. The number of hydrogen-bond donors (Lipinski definition) is 0. The summed E-state index contributed by atoms with van der Waals surface area (Å²) < 4.78 is 0. The van der Waals surface area contributed by atoms with Crippen LogP contribution >= 0.6 is 0 Å². The molecular weight excluding hydrogens is 1110 g/mol. The van der Waals surface area contributed by atoms with Crippen molar-refractivity contribution in [2.75, 3.05) is 0 Å². The first-order valence-corrected chi connectivity index (χ1v) is 35.5. The van der Waals surface area contributed by atoms with Gasteiger partial charge in [-0.25, -0.2) is 0 Å². The molecule has 0 spiro atoms. The van der Waals surface area contributed by atoms with Crippen LogP contribution in [0.15, 0.2) is 352 Å². The van der Waals surface area contributed by atoms with Crippen LogP contribution in [0.1, 0.15) is 0 Å². The van der Waals surface area contributed by atoms with Gasteiger partial charge in [0.1, 0.15) is 0 Å². The molecule has 18 rings (SSSR count). The zero-order chi connectivity index (χ0) is 59.3. The summed E-state index contributed by atoms with van der Waals surface area (Å²) in [6.45, 7) is 0. The van der Waals surface area contributed by atoms with Gasteiger partial charge in [-0.3, -0.25) is 0 Å². The van der Waals surface area contributed by atoms with E-state index in [9.17, 15) is 0 Å². The Morgan fingerprint density at radius 1 is 0.144 bits per heavy atom. The molecule has 2 aliphatic heterocycles. The minimum Gasteiger partial charge on any atom is -0.0623 e. The highest BCUT2D eigenvalue weighted by Crippen LogP contribution is 2.51. The molecule has 0 amide bonds. The molecule has 0 aliphatic carbocycles. The van der Waals surface area contributed by atoms with E-state index >= 15 is 0 Å². The van der Waals surface area contributed by atoms with E-state index < -0.39 is 16.1 Å². The lowest BCUT2D eigenvalue weighted by Crippen LogP contribution is -2.72. The van der Waals surface area contributed by atoms with Crippen molar-refractivity contribution in [3.63, 3.8) is 0 Å². The average molecular weight is 1170 g/mol. The summed E-state index contributed by atoms with van der Waals surface area (Å²) in [7, 11) is -5.69. The van der Waals surface area contributed by atoms with Crippen LogP contribution in [0.2, 0.25) is 0 Å². The second kappa shape index (κ2) is 20.8. The van der Waals surface area contributed by atoms with Crippen LogP contribution < -0.4 is 41.5 Å². The van der Waals surface area contributed by atoms with Crippen LogP contribution in [-0.2, 0) is 0 Å². The van der Waals surface area contributed by atoms with Gasteiger partial charge in [-0.05, 0) is 175 Å². The number of benzene rings is 16. The van der Waals surface area contributed by atoms with E-state index in [-0.39, 0.29) is 0 Å². The molecule has 16 aromatic rings. The third-order valence-electron chi connectivity index (χ3n) is 20.0. The van der Waals surface area contributed by atoms with Gasteiger partial charge in [0.15, 0.2) is 16.1 Å². The smallest absolute Gasteiger partial charge is 0.0623 e. The lowest BCUT2D eigenvalue weighted by molar-refractivity contribution is 1.64. The van der Waals surface area contributed by atoms with Crippen molar-refractivity contribution in [1.82, 2.24) is 0 Å². The third kappa shape index (κ3) is 7.53. The first-order chi connectivity index (χ1) is 44.7. The Balaban J connectivity index is 1.00. The molecule has 90 heavy (non-hydrogen) atoms. The van der Waals surface area contributed by atoms with Crippen molar-refractivity contribution < 1.29 is 0 Å². The Labute approximate surface area is 527 Å². The molecule has 0 bridgehead atoms. The quantitative estimate of drug-likeness (QED) is 0.0998. The van der Waals surface area contributed by atoms with Gasteiger partial charge < -0.3 is 0 Å². The van der Waals surface area contributed by atoms with Gasteiger partial charge in [0, 0.05) is 0 Å².